The third-order valence-electron chi connectivity index (χ3n) is 2.68. The van der Waals surface area contributed by atoms with Crippen LogP contribution in [0.1, 0.15) is 26.2 Å². The average Bonchev–Trinajstić information content (AvgIpc) is 2.95. The number of nitrogens with one attached hydrogen (secondary N) is 1. The van der Waals surface area contributed by atoms with E-state index in [2.05, 4.69) is 17.1 Å². The van der Waals surface area contributed by atoms with Crippen LogP contribution in [-0.4, -0.2) is 43.8 Å². The van der Waals surface area contributed by atoms with E-state index in [0.717, 1.165) is 32.0 Å². The summed E-state index contributed by atoms with van der Waals surface area (Å²) >= 11 is 0. The zero-order valence-corrected chi connectivity index (χ0v) is 9.82. The summed E-state index contributed by atoms with van der Waals surface area (Å²) in [5.41, 5.74) is 0. The van der Waals surface area contributed by atoms with E-state index < -0.39 is 12.7 Å². The third kappa shape index (κ3) is 7.06. The van der Waals surface area contributed by atoms with Gasteiger partial charge in [0.15, 0.2) is 0 Å². The van der Waals surface area contributed by atoms with Gasteiger partial charge in [-0.25, -0.2) is 0 Å². The highest BCUT2D eigenvalue weighted by Gasteiger charge is 2.26. The molecule has 0 aliphatic heterocycles. The quantitative estimate of drug-likeness (QED) is 0.652. The van der Waals surface area contributed by atoms with E-state index >= 15 is 0 Å². The second kappa shape index (κ2) is 6.45. The summed E-state index contributed by atoms with van der Waals surface area (Å²) in [5.74, 6) is 0.800. The van der Waals surface area contributed by atoms with Gasteiger partial charge in [-0.1, -0.05) is 6.92 Å². The molecule has 0 saturated heterocycles. The molecule has 0 spiro atoms. The van der Waals surface area contributed by atoms with Gasteiger partial charge < -0.3 is 10.2 Å². The maximum atomic E-state index is 11.9. The smallest absolute Gasteiger partial charge is 0.307 e. The minimum atomic E-state index is -4.09. The number of halogens is 3. The molecule has 5 heteroatoms. The van der Waals surface area contributed by atoms with Gasteiger partial charge in [-0.2, -0.15) is 13.2 Å². The Bertz CT molecular complexity index is 190. The Kier molecular flexibility index (Phi) is 5.55. The van der Waals surface area contributed by atoms with Crippen molar-refractivity contribution in [1.29, 1.82) is 0 Å². The van der Waals surface area contributed by atoms with Crippen molar-refractivity contribution in [2.45, 2.75) is 32.4 Å². The maximum absolute atomic E-state index is 11.9. The summed E-state index contributed by atoms with van der Waals surface area (Å²) in [6.45, 7) is 4.41. The number of nitrogens with zero attached hydrogens (tertiary/aromatic N) is 1. The number of alkyl halides is 3. The molecule has 0 aromatic heterocycles. The predicted octanol–water partition coefficient (Wildman–Crippen LogP) is 2.26. The maximum Gasteiger partial charge on any atom is 0.401 e. The summed E-state index contributed by atoms with van der Waals surface area (Å²) < 4.78 is 35.6. The lowest BCUT2D eigenvalue weighted by Crippen LogP contribution is -2.37. The van der Waals surface area contributed by atoms with Crippen LogP contribution in [0.25, 0.3) is 0 Å². The van der Waals surface area contributed by atoms with E-state index in [1.165, 1.54) is 12.8 Å². The largest absolute Gasteiger partial charge is 0.401 e. The van der Waals surface area contributed by atoms with Crippen LogP contribution in [0.2, 0.25) is 0 Å². The van der Waals surface area contributed by atoms with Gasteiger partial charge in [0.05, 0.1) is 6.54 Å². The van der Waals surface area contributed by atoms with Gasteiger partial charge in [0.2, 0.25) is 0 Å². The molecule has 1 saturated carbocycles. The lowest BCUT2D eigenvalue weighted by molar-refractivity contribution is -0.124. The summed E-state index contributed by atoms with van der Waals surface area (Å²) in [5, 5.41) is 2.44. The van der Waals surface area contributed by atoms with Crippen molar-refractivity contribution in [2.24, 2.45) is 5.92 Å². The van der Waals surface area contributed by atoms with E-state index in [-0.39, 0.29) is 0 Å². The lowest BCUT2D eigenvalue weighted by atomic mass is 10.3. The van der Waals surface area contributed by atoms with Crippen LogP contribution < -0.4 is 5.32 Å². The van der Waals surface area contributed by atoms with Gasteiger partial charge in [0.1, 0.15) is 0 Å². The Hall–Kier alpha value is -0.290. The highest BCUT2D eigenvalue weighted by atomic mass is 19.4. The van der Waals surface area contributed by atoms with Crippen molar-refractivity contribution in [1.82, 2.24) is 10.2 Å². The molecule has 1 N–H and O–H groups in total. The number of hydrogen-bond donors (Lipinski definition) is 1. The van der Waals surface area contributed by atoms with Gasteiger partial charge in [0, 0.05) is 19.6 Å². The predicted molar refractivity (Wildman–Crippen MR) is 58.4 cm³/mol. The Morgan fingerprint density at radius 1 is 1.25 bits per heavy atom. The van der Waals surface area contributed by atoms with Crippen LogP contribution in [0.5, 0.6) is 0 Å². The minimum Gasteiger partial charge on any atom is -0.307 e. The van der Waals surface area contributed by atoms with Crippen molar-refractivity contribution < 1.29 is 13.2 Å². The van der Waals surface area contributed by atoms with Gasteiger partial charge in [-0.15, -0.1) is 0 Å². The first-order chi connectivity index (χ1) is 7.51. The number of rotatable bonds is 8. The second-order valence-corrected chi connectivity index (χ2v) is 4.54. The van der Waals surface area contributed by atoms with E-state index in [0.29, 0.717) is 6.54 Å². The number of hydrogen-bond acceptors (Lipinski definition) is 2. The second-order valence-electron chi connectivity index (χ2n) is 4.54. The first-order valence-electron chi connectivity index (χ1n) is 6.01. The molecule has 1 fully saturated rings. The van der Waals surface area contributed by atoms with E-state index in [1.54, 1.807) is 0 Å². The van der Waals surface area contributed by atoms with Crippen LogP contribution in [0.15, 0.2) is 0 Å². The zero-order chi connectivity index (χ0) is 12.0. The van der Waals surface area contributed by atoms with Gasteiger partial charge in [0.25, 0.3) is 0 Å². The van der Waals surface area contributed by atoms with Crippen LogP contribution in [0, 0.1) is 5.92 Å². The zero-order valence-electron chi connectivity index (χ0n) is 9.82. The molecular weight excluding hydrogens is 217 g/mol. The fourth-order valence-corrected chi connectivity index (χ4v) is 1.74. The first-order valence-corrected chi connectivity index (χ1v) is 6.01. The Labute approximate surface area is 95.2 Å². The van der Waals surface area contributed by atoms with Crippen molar-refractivity contribution >= 4 is 0 Å². The van der Waals surface area contributed by atoms with Crippen molar-refractivity contribution in [2.75, 3.05) is 32.7 Å². The van der Waals surface area contributed by atoms with Gasteiger partial charge >= 0.3 is 6.18 Å². The molecule has 0 heterocycles. The SMILES string of the molecule is CCCN(CCNCC(F)(F)F)CC1CC1. The summed E-state index contributed by atoms with van der Waals surface area (Å²) in [6.07, 6.45) is -0.454. The van der Waals surface area contributed by atoms with Crippen LogP contribution in [0.4, 0.5) is 13.2 Å². The molecule has 0 unspecified atom stereocenters. The molecule has 0 aromatic rings. The van der Waals surface area contributed by atoms with Crippen molar-refractivity contribution in [3.05, 3.63) is 0 Å². The van der Waals surface area contributed by atoms with E-state index in [4.69, 9.17) is 0 Å². The monoisotopic (exact) mass is 238 g/mol. The van der Waals surface area contributed by atoms with Crippen LogP contribution in [0.3, 0.4) is 0 Å². The first kappa shape index (κ1) is 13.8. The highest BCUT2D eigenvalue weighted by molar-refractivity contribution is 4.77. The van der Waals surface area contributed by atoms with Crippen LogP contribution in [-0.2, 0) is 0 Å². The van der Waals surface area contributed by atoms with Gasteiger partial charge in [-0.05, 0) is 31.7 Å². The molecule has 1 aliphatic carbocycles. The Balaban J connectivity index is 2.06. The summed E-state index contributed by atoms with van der Waals surface area (Å²) in [7, 11) is 0. The molecule has 16 heavy (non-hydrogen) atoms. The summed E-state index contributed by atoms with van der Waals surface area (Å²) in [6, 6.07) is 0. The van der Waals surface area contributed by atoms with Crippen molar-refractivity contribution in [3.63, 3.8) is 0 Å². The molecule has 0 bridgehead atoms. The fourth-order valence-electron chi connectivity index (χ4n) is 1.74. The molecule has 0 radical (unpaired) electrons. The molecular formula is C11H21F3N2. The lowest BCUT2D eigenvalue weighted by Gasteiger charge is -2.21. The molecule has 0 aromatic carbocycles. The van der Waals surface area contributed by atoms with E-state index in [1.807, 2.05) is 0 Å². The topological polar surface area (TPSA) is 15.3 Å². The molecule has 1 aliphatic rings. The van der Waals surface area contributed by atoms with E-state index in [9.17, 15) is 13.2 Å². The standard InChI is InChI=1S/C11H21F3N2/c1-2-6-16(8-10-3-4-10)7-5-15-9-11(12,13)14/h10,15H,2-9H2,1H3. The molecule has 96 valence electrons. The summed E-state index contributed by atoms with van der Waals surface area (Å²) in [4.78, 5) is 2.26. The normalized spacial score (nSPS) is 17.1. The fraction of sp³-hybridized carbons (Fsp3) is 1.00. The minimum absolute atomic E-state index is 0.423. The molecule has 2 nitrogen and oxygen atoms in total. The Morgan fingerprint density at radius 3 is 2.44 bits per heavy atom. The molecule has 0 atom stereocenters. The Morgan fingerprint density at radius 2 is 1.94 bits per heavy atom. The third-order valence-corrected chi connectivity index (χ3v) is 2.68. The molecule has 0 amide bonds. The van der Waals surface area contributed by atoms with Gasteiger partial charge in [-0.3, -0.25) is 0 Å². The molecule has 1 rings (SSSR count). The van der Waals surface area contributed by atoms with Crippen LogP contribution >= 0.6 is 0 Å². The van der Waals surface area contributed by atoms with Crippen molar-refractivity contribution in [3.8, 4) is 0 Å². The average molecular weight is 238 g/mol. The highest BCUT2D eigenvalue weighted by Crippen LogP contribution is 2.29.